The van der Waals surface area contributed by atoms with Crippen LogP contribution < -0.4 is 4.72 Å². The standard InChI is InChI=1S/C16H17F2NO2S/c17-14-9-10-16(15(18)12-14)22(20,21)19-11-5-4-8-13-6-2-1-3-7-13/h1-3,6-7,9-10,12,19H,4-5,8,11H2. The fourth-order valence-electron chi connectivity index (χ4n) is 2.08. The van der Waals surface area contributed by atoms with E-state index in [0.29, 0.717) is 12.5 Å². The molecule has 0 unspecified atom stereocenters. The van der Waals surface area contributed by atoms with Crippen molar-refractivity contribution in [2.45, 2.75) is 24.2 Å². The van der Waals surface area contributed by atoms with Crippen molar-refractivity contribution in [1.82, 2.24) is 4.72 Å². The van der Waals surface area contributed by atoms with Gasteiger partial charge < -0.3 is 0 Å². The third-order valence-corrected chi connectivity index (χ3v) is 4.70. The van der Waals surface area contributed by atoms with Crippen LogP contribution in [0, 0.1) is 11.6 Å². The average molecular weight is 325 g/mol. The van der Waals surface area contributed by atoms with Gasteiger partial charge in [0.05, 0.1) is 0 Å². The molecule has 2 aromatic carbocycles. The lowest BCUT2D eigenvalue weighted by atomic mass is 10.1. The van der Waals surface area contributed by atoms with Gasteiger partial charge in [0, 0.05) is 12.6 Å². The van der Waals surface area contributed by atoms with Crippen LogP contribution >= 0.6 is 0 Å². The van der Waals surface area contributed by atoms with Crippen molar-refractivity contribution >= 4 is 10.0 Å². The molecule has 0 aliphatic heterocycles. The highest BCUT2D eigenvalue weighted by atomic mass is 32.2. The minimum absolute atomic E-state index is 0.214. The van der Waals surface area contributed by atoms with Crippen LogP contribution in [0.1, 0.15) is 18.4 Å². The molecular formula is C16H17F2NO2S. The Bertz CT molecular complexity index is 718. The molecule has 6 heteroatoms. The maximum absolute atomic E-state index is 13.5. The van der Waals surface area contributed by atoms with Crippen molar-refractivity contribution in [2.75, 3.05) is 6.54 Å². The molecule has 3 nitrogen and oxygen atoms in total. The van der Waals surface area contributed by atoms with Crippen LogP contribution in [0.2, 0.25) is 0 Å². The van der Waals surface area contributed by atoms with Gasteiger partial charge in [0.25, 0.3) is 0 Å². The molecule has 0 radical (unpaired) electrons. The van der Waals surface area contributed by atoms with Crippen LogP contribution in [0.25, 0.3) is 0 Å². The van der Waals surface area contributed by atoms with Gasteiger partial charge in [0.15, 0.2) is 0 Å². The highest BCUT2D eigenvalue weighted by molar-refractivity contribution is 7.89. The summed E-state index contributed by atoms with van der Waals surface area (Å²) in [5.41, 5.74) is 1.19. The molecule has 0 aliphatic carbocycles. The quantitative estimate of drug-likeness (QED) is 0.794. The van der Waals surface area contributed by atoms with Crippen molar-refractivity contribution in [3.63, 3.8) is 0 Å². The van der Waals surface area contributed by atoms with Crippen molar-refractivity contribution in [1.29, 1.82) is 0 Å². The van der Waals surface area contributed by atoms with Crippen LogP contribution in [0.5, 0.6) is 0 Å². The SMILES string of the molecule is O=S(=O)(NCCCCc1ccccc1)c1ccc(F)cc1F. The van der Waals surface area contributed by atoms with E-state index >= 15 is 0 Å². The highest BCUT2D eigenvalue weighted by Gasteiger charge is 2.18. The summed E-state index contributed by atoms with van der Waals surface area (Å²) in [6.45, 7) is 0.214. The Morgan fingerprint density at radius 3 is 2.36 bits per heavy atom. The maximum atomic E-state index is 13.5. The summed E-state index contributed by atoms with van der Waals surface area (Å²) < 4.78 is 52.5. The van der Waals surface area contributed by atoms with Gasteiger partial charge in [-0.25, -0.2) is 21.9 Å². The number of nitrogens with one attached hydrogen (secondary N) is 1. The number of hydrogen-bond acceptors (Lipinski definition) is 2. The van der Waals surface area contributed by atoms with Crippen LogP contribution in [-0.4, -0.2) is 15.0 Å². The molecule has 0 saturated heterocycles. The van der Waals surface area contributed by atoms with Crippen LogP contribution in [0.4, 0.5) is 8.78 Å². The molecular weight excluding hydrogens is 308 g/mol. The molecule has 0 bridgehead atoms. The molecule has 0 saturated carbocycles. The van der Waals surface area contributed by atoms with Gasteiger partial charge in [0.1, 0.15) is 16.5 Å². The summed E-state index contributed by atoms with van der Waals surface area (Å²) in [6, 6.07) is 12.3. The first-order valence-corrected chi connectivity index (χ1v) is 8.46. The second-order valence-corrected chi connectivity index (χ2v) is 6.65. The second-order valence-electron chi connectivity index (χ2n) is 4.92. The zero-order valence-corrected chi connectivity index (χ0v) is 12.7. The van der Waals surface area contributed by atoms with E-state index in [-0.39, 0.29) is 6.54 Å². The predicted molar refractivity (Wildman–Crippen MR) is 80.9 cm³/mol. The number of sulfonamides is 1. The molecule has 0 spiro atoms. The molecule has 0 fully saturated rings. The molecule has 2 aromatic rings. The van der Waals surface area contributed by atoms with E-state index in [1.807, 2.05) is 30.3 Å². The minimum Gasteiger partial charge on any atom is -0.211 e. The molecule has 0 aliphatic rings. The molecule has 0 heterocycles. The summed E-state index contributed by atoms with van der Waals surface area (Å²) in [6.07, 6.45) is 2.31. The van der Waals surface area contributed by atoms with Crippen molar-refractivity contribution in [3.05, 3.63) is 65.7 Å². The number of hydrogen-bond donors (Lipinski definition) is 1. The monoisotopic (exact) mass is 325 g/mol. The topological polar surface area (TPSA) is 46.2 Å². The van der Waals surface area contributed by atoms with Gasteiger partial charge in [-0.3, -0.25) is 0 Å². The van der Waals surface area contributed by atoms with Gasteiger partial charge in [-0.1, -0.05) is 30.3 Å². The van der Waals surface area contributed by atoms with Gasteiger partial charge >= 0.3 is 0 Å². The van der Waals surface area contributed by atoms with Crippen LogP contribution in [0.15, 0.2) is 53.4 Å². The molecule has 2 rings (SSSR count). The Labute approximate surface area is 129 Å². The zero-order chi connectivity index (χ0) is 16.0. The van der Waals surface area contributed by atoms with Crippen molar-refractivity contribution < 1.29 is 17.2 Å². The maximum Gasteiger partial charge on any atom is 0.243 e. The Hall–Kier alpha value is -1.79. The Balaban J connectivity index is 1.83. The Morgan fingerprint density at radius 1 is 0.955 bits per heavy atom. The average Bonchev–Trinajstić information content (AvgIpc) is 2.47. The smallest absolute Gasteiger partial charge is 0.211 e. The molecule has 118 valence electrons. The van der Waals surface area contributed by atoms with Crippen molar-refractivity contribution in [3.8, 4) is 0 Å². The van der Waals surface area contributed by atoms with Crippen molar-refractivity contribution in [2.24, 2.45) is 0 Å². The molecule has 22 heavy (non-hydrogen) atoms. The molecule has 1 N–H and O–H groups in total. The third-order valence-electron chi connectivity index (χ3n) is 3.21. The summed E-state index contributed by atoms with van der Waals surface area (Å²) in [7, 11) is -3.94. The fourth-order valence-corrected chi connectivity index (χ4v) is 3.21. The van der Waals surface area contributed by atoms with Gasteiger partial charge in [-0.15, -0.1) is 0 Å². The normalized spacial score (nSPS) is 11.5. The molecule has 0 aromatic heterocycles. The van der Waals surface area contributed by atoms with Gasteiger partial charge in [-0.05, 0) is 37.0 Å². The lowest BCUT2D eigenvalue weighted by Crippen LogP contribution is -2.25. The van der Waals surface area contributed by atoms with E-state index < -0.39 is 26.6 Å². The van der Waals surface area contributed by atoms with E-state index in [0.717, 1.165) is 25.0 Å². The summed E-state index contributed by atoms with van der Waals surface area (Å²) >= 11 is 0. The Kier molecular flexibility index (Phi) is 5.63. The number of aryl methyl sites for hydroxylation is 1. The number of benzene rings is 2. The molecule has 0 amide bonds. The molecule has 0 atom stereocenters. The fraction of sp³-hybridized carbons (Fsp3) is 0.250. The van der Waals surface area contributed by atoms with Gasteiger partial charge in [-0.2, -0.15) is 0 Å². The number of halogens is 2. The van der Waals surface area contributed by atoms with E-state index in [1.54, 1.807) is 0 Å². The largest absolute Gasteiger partial charge is 0.243 e. The summed E-state index contributed by atoms with van der Waals surface area (Å²) in [5, 5.41) is 0. The van der Waals surface area contributed by atoms with E-state index in [9.17, 15) is 17.2 Å². The first kappa shape index (κ1) is 16.6. The minimum atomic E-state index is -3.94. The highest BCUT2D eigenvalue weighted by Crippen LogP contribution is 2.15. The summed E-state index contributed by atoms with van der Waals surface area (Å²) in [5.74, 6) is -1.89. The first-order chi connectivity index (χ1) is 10.5. The predicted octanol–water partition coefficient (Wildman–Crippen LogP) is 3.27. The van der Waals surface area contributed by atoms with E-state index in [2.05, 4.69) is 4.72 Å². The number of unbranched alkanes of at least 4 members (excludes halogenated alkanes) is 1. The van der Waals surface area contributed by atoms with Crippen LogP contribution in [-0.2, 0) is 16.4 Å². The lowest BCUT2D eigenvalue weighted by Gasteiger charge is -2.07. The number of rotatable bonds is 7. The third kappa shape index (κ3) is 4.61. The van der Waals surface area contributed by atoms with Crippen LogP contribution in [0.3, 0.4) is 0 Å². The lowest BCUT2D eigenvalue weighted by molar-refractivity contribution is 0.541. The van der Waals surface area contributed by atoms with Gasteiger partial charge in [0.2, 0.25) is 10.0 Å². The van der Waals surface area contributed by atoms with E-state index in [4.69, 9.17) is 0 Å². The second kappa shape index (κ2) is 7.47. The Morgan fingerprint density at radius 2 is 1.68 bits per heavy atom. The zero-order valence-electron chi connectivity index (χ0n) is 11.9. The summed E-state index contributed by atoms with van der Waals surface area (Å²) in [4.78, 5) is -0.531. The first-order valence-electron chi connectivity index (χ1n) is 6.98. The van der Waals surface area contributed by atoms with E-state index in [1.165, 1.54) is 5.56 Å².